The highest BCUT2D eigenvalue weighted by atomic mass is 32.2. The van der Waals surface area contributed by atoms with E-state index in [0.29, 0.717) is 11.5 Å². The molecular formula is C23H23N5OS3. The lowest BCUT2D eigenvalue weighted by molar-refractivity contribution is -0.116. The van der Waals surface area contributed by atoms with E-state index >= 15 is 0 Å². The summed E-state index contributed by atoms with van der Waals surface area (Å²) >= 11 is 4.84. The highest BCUT2D eigenvalue weighted by Crippen LogP contribution is 2.34. The van der Waals surface area contributed by atoms with Crippen LogP contribution in [0.2, 0.25) is 0 Å². The number of rotatable bonds is 7. The second-order valence-corrected chi connectivity index (χ2v) is 10.8. The number of hydrogen-bond acceptors (Lipinski definition) is 7. The number of fused-ring (bicyclic) bond motifs is 2. The minimum atomic E-state index is 0.114. The van der Waals surface area contributed by atoms with Gasteiger partial charge in [-0.3, -0.25) is 4.79 Å². The Morgan fingerprint density at radius 1 is 1.12 bits per heavy atom. The molecule has 9 heteroatoms. The van der Waals surface area contributed by atoms with Crippen molar-refractivity contribution in [3.63, 3.8) is 0 Å². The third-order valence-electron chi connectivity index (χ3n) is 5.51. The summed E-state index contributed by atoms with van der Waals surface area (Å²) in [5.41, 5.74) is 3.31. The Morgan fingerprint density at radius 2 is 1.94 bits per heavy atom. The normalized spacial score (nSPS) is 15.4. The molecule has 5 rings (SSSR count). The van der Waals surface area contributed by atoms with E-state index in [0.717, 1.165) is 39.5 Å². The lowest BCUT2D eigenvalue weighted by Gasteiger charge is -2.22. The predicted molar refractivity (Wildman–Crippen MR) is 133 cm³/mol. The van der Waals surface area contributed by atoms with Crippen LogP contribution in [0, 0.1) is 0 Å². The van der Waals surface area contributed by atoms with Crippen molar-refractivity contribution in [2.75, 3.05) is 10.7 Å². The SMILES string of the molecule is CCn1c(CSc2nc3ccccc3s2)nnc1SCC(=O)N1c2ccccc2CC1C. The second-order valence-electron chi connectivity index (χ2n) is 7.61. The Labute approximate surface area is 199 Å². The number of thioether (sulfide) groups is 2. The predicted octanol–water partition coefficient (Wildman–Crippen LogP) is 5.27. The van der Waals surface area contributed by atoms with Crippen LogP contribution in [0.4, 0.5) is 5.69 Å². The lowest BCUT2D eigenvalue weighted by atomic mass is 10.1. The molecule has 0 saturated heterocycles. The summed E-state index contributed by atoms with van der Waals surface area (Å²) in [6.45, 7) is 4.95. The molecule has 0 saturated carbocycles. The van der Waals surface area contributed by atoms with Gasteiger partial charge in [-0.25, -0.2) is 4.98 Å². The fraction of sp³-hybridized carbons (Fsp3) is 0.304. The van der Waals surface area contributed by atoms with Crippen LogP contribution < -0.4 is 4.90 Å². The number of nitrogens with zero attached hydrogens (tertiary/aromatic N) is 5. The van der Waals surface area contributed by atoms with Gasteiger partial charge >= 0.3 is 0 Å². The maximum absolute atomic E-state index is 13.0. The number of carbonyl (C=O) groups is 1. The fourth-order valence-electron chi connectivity index (χ4n) is 4.03. The van der Waals surface area contributed by atoms with Crippen molar-refractivity contribution >= 4 is 56.7 Å². The maximum atomic E-state index is 13.0. The quantitative estimate of drug-likeness (QED) is 0.335. The zero-order valence-electron chi connectivity index (χ0n) is 17.9. The van der Waals surface area contributed by atoms with Crippen molar-refractivity contribution in [1.29, 1.82) is 0 Å². The van der Waals surface area contributed by atoms with Crippen molar-refractivity contribution in [2.45, 2.75) is 48.1 Å². The van der Waals surface area contributed by atoms with Crippen molar-refractivity contribution in [3.8, 4) is 0 Å². The molecule has 1 unspecified atom stereocenters. The zero-order chi connectivity index (χ0) is 22.1. The number of aromatic nitrogens is 4. The zero-order valence-corrected chi connectivity index (χ0v) is 20.3. The molecule has 0 N–H and O–H groups in total. The molecule has 0 aliphatic carbocycles. The minimum absolute atomic E-state index is 0.114. The van der Waals surface area contributed by atoms with E-state index in [4.69, 9.17) is 0 Å². The molecule has 0 fully saturated rings. The third kappa shape index (κ3) is 4.16. The van der Waals surface area contributed by atoms with Crippen LogP contribution in [0.1, 0.15) is 25.2 Å². The summed E-state index contributed by atoms with van der Waals surface area (Å²) in [6, 6.07) is 16.5. The van der Waals surface area contributed by atoms with Crippen LogP contribution in [0.15, 0.2) is 58.0 Å². The molecule has 1 aliphatic rings. The van der Waals surface area contributed by atoms with Crippen molar-refractivity contribution < 1.29 is 4.79 Å². The number of amides is 1. The van der Waals surface area contributed by atoms with E-state index in [2.05, 4.69) is 45.7 Å². The molecular weight excluding hydrogens is 458 g/mol. The number of para-hydroxylation sites is 2. The van der Waals surface area contributed by atoms with E-state index in [1.807, 2.05) is 41.3 Å². The number of benzene rings is 2. The molecule has 1 amide bonds. The Kier molecular flexibility index (Phi) is 6.21. The van der Waals surface area contributed by atoms with Crippen molar-refractivity contribution in [3.05, 3.63) is 59.9 Å². The average molecular weight is 482 g/mol. The number of carbonyl (C=O) groups excluding carboxylic acids is 1. The lowest BCUT2D eigenvalue weighted by Crippen LogP contribution is -2.37. The van der Waals surface area contributed by atoms with Gasteiger partial charge in [0, 0.05) is 18.3 Å². The van der Waals surface area contributed by atoms with Gasteiger partial charge in [0.25, 0.3) is 0 Å². The first kappa shape index (κ1) is 21.5. The molecule has 164 valence electrons. The molecule has 32 heavy (non-hydrogen) atoms. The Bertz CT molecular complexity index is 1230. The third-order valence-corrected chi connectivity index (χ3v) is 8.64. The van der Waals surface area contributed by atoms with Gasteiger partial charge in [-0.15, -0.1) is 21.5 Å². The Morgan fingerprint density at radius 3 is 2.78 bits per heavy atom. The van der Waals surface area contributed by atoms with E-state index in [9.17, 15) is 4.79 Å². The molecule has 2 aromatic carbocycles. The van der Waals surface area contributed by atoms with Crippen molar-refractivity contribution in [1.82, 2.24) is 19.7 Å². The van der Waals surface area contributed by atoms with E-state index in [-0.39, 0.29) is 11.9 Å². The Balaban J connectivity index is 1.24. The number of hydrogen-bond donors (Lipinski definition) is 0. The smallest absolute Gasteiger partial charge is 0.237 e. The molecule has 0 radical (unpaired) electrons. The molecule has 4 aromatic rings. The van der Waals surface area contributed by atoms with Gasteiger partial charge < -0.3 is 9.47 Å². The maximum Gasteiger partial charge on any atom is 0.237 e. The summed E-state index contributed by atoms with van der Waals surface area (Å²) in [5, 5.41) is 9.58. The van der Waals surface area contributed by atoms with Gasteiger partial charge in [0.1, 0.15) is 5.82 Å². The summed E-state index contributed by atoms with van der Waals surface area (Å²) in [7, 11) is 0. The van der Waals surface area contributed by atoms with Gasteiger partial charge in [0.15, 0.2) is 9.50 Å². The first-order valence-electron chi connectivity index (χ1n) is 10.6. The van der Waals surface area contributed by atoms with Crippen LogP contribution in [-0.2, 0) is 23.5 Å². The highest BCUT2D eigenvalue weighted by Gasteiger charge is 2.30. The van der Waals surface area contributed by atoms with Gasteiger partial charge in [-0.05, 0) is 44.0 Å². The van der Waals surface area contributed by atoms with Gasteiger partial charge in [0.2, 0.25) is 5.91 Å². The summed E-state index contributed by atoms with van der Waals surface area (Å²) in [6.07, 6.45) is 0.908. The standard InChI is InChI=1S/C23H23N5OS3/c1-3-27-20(13-31-23-24-17-9-5-7-11-19(17)32-23)25-26-22(27)30-14-21(29)28-15(2)12-16-8-4-6-10-18(16)28/h4-11,15H,3,12-14H2,1-2H3. The largest absolute Gasteiger partial charge is 0.308 e. The molecule has 6 nitrogen and oxygen atoms in total. The monoisotopic (exact) mass is 481 g/mol. The minimum Gasteiger partial charge on any atom is -0.308 e. The molecule has 3 heterocycles. The van der Waals surface area contributed by atoms with Crippen molar-refractivity contribution in [2.24, 2.45) is 0 Å². The average Bonchev–Trinajstić information content (AvgIpc) is 3.49. The summed E-state index contributed by atoms with van der Waals surface area (Å²) < 4.78 is 4.32. The molecule has 1 atom stereocenters. The van der Waals surface area contributed by atoms with Gasteiger partial charge in [-0.1, -0.05) is 53.9 Å². The number of anilines is 1. The molecule has 1 aliphatic heterocycles. The summed E-state index contributed by atoms with van der Waals surface area (Å²) in [4.78, 5) is 19.6. The molecule has 2 aromatic heterocycles. The van der Waals surface area contributed by atoms with Gasteiger partial charge in [0.05, 0.1) is 21.7 Å². The Hall–Kier alpha value is -2.36. The first-order chi connectivity index (χ1) is 15.6. The second kappa shape index (κ2) is 9.25. The van der Waals surface area contributed by atoms with Crippen LogP contribution in [0.5, 0.6) is 0 Å². The number of thiazole rings is 1. The first-order valence-corrected chi connectivity index (χ1v) is 13.4. The van der Waals surface area contributed by atoms with Crippen LogP contribution in [-0.4, -0.2) is 37.5 Å². The fourth-order valence-corrected chi connectivity index (χ4v) is 6.92. The summed E-state index contributed by atoms with van der Waals surface area (Å²) in [5.74, 6) is 2.07. The van der Waals surface area contributed by atoms with E-state index in [1.165, 1.54) is 22.0 Å². The topological polar surface area (TPSA) is 63.9 Å². The van der Waals surface area contributed by atoms with E-state index < -0.39 is 0 Å². The van der Waals surface area contributed by atoms with E-state index in [1.54, 1.807) is 23.1 Å². The highest BCUT2D eigenvalue weighted by molar-refractivity contribution is 8.00. The van der Waals surface area contributed by atoms with Crippen LogP contribution in [0.25, 0.3) is 10.2 Å². The van der Waals surface area contributed by atoms with Gasteiger partial charge in [-0.2, -0.15) is 0 Å². The molecule has 0 bridgehead atoms. The van der Waals surface area contributed by atoms with Crippen LogP contribution in [0.3, 0.4) is 0 Å². The molecule has 0 spiro atoms. The van der Waals surface area contributed by atoms with Crippen LogP contribution >= 0.6 is 34.9 Å².